The summed E-state index contributed by atoms with van der Waals surface area (Å²) in [4.78, 5) is 0. The summed E-state index contributed by atoms with van der Waals surface area (Å²) in [5.74, 6) is 0. The molecular formula is C6H11NSi. The molecule has 0 aromatic rings. The van der Waals surface area contributed by atoms with E-state index in [4.69, 9.17) is 5.26 Å². The van der Waals surface area contributed by atoms with Gasteiger partial charge in [-0.05, 0) is 0 Å². The molecule has 0 spiro atoms. The average molecular weight is 125 g/mol. The molecule has 0 aromatic heterocycles. The maximum atomic E-state index is 8.27. The third-order valence-corrected chi connectivity index (χ3v) is 3.26. The van der Waals surface area contributed by atoms with Crippen LogP contribution in [0.1, 0.15) is 0 Å². The lowest BCUT2D eigenvalue weighted by Gasteiger charge is -2.09. The largest absolute Gasteiger partial charge is 0.199 e. The van der Waals surface area contributed by atoms with Crippen LogP contribution in [0.2, 0.25) is 19.1 Å². The fourth-order valence-corrected chi connectivity index (χ4v) is 0.828. The maximum absolute atomic E-state index is 8.27. The van der Waals surface area contributed by atoms with Crippen LogP contribution in [0.3, 0.4) is 0 Å². The minimum Gasteiger partial charge on any atom is -0.199 e. The lowest BCUT2D eigenvalue weighted by Crippen LogP contribution is -2.20. The number of nitrogens with zero attached hydrogens (tertiary/aromatic N) is 1. The SMILES string of the molecule is C=C[Si](C)(C)CC#N. The van der Waals surface area contributed by atoms with E-state index >= 15 is 0 Å². The summed E-state index contributed by atoms with van der Waals surface area (Å²) >= 11 is 0. The Morgan fingerprint density at radius 3 is 2.38 bits per heavy atom. The molecule has 0 heterocycles. The van der Waals surface area contributed by atoms with Crippen molar-refractivity contribution in [3.05, 3.63) is 12.3 Å². The Balaban J connectivity index is 3.76. The van der Waals surface area contributed by atoms with Gasteiger partial charge in [0.1, 0.15) is 0 Å². The number of rotatable bonds is 2. The van der Waals surface area contributed by atoms with Gasteiger partial charge >= 0.3 is 0 Å². The summed E-state index contributed by atoms with van der Waals surface area (Å²) in [6.45, 7) is 7.92. The van der Waals surface area contributed by atoms with Crippen LogP contribution in [-0.2, 0) is 0 Å². The molecule has 0 aliphatic heterocycles. The summed E-state index contributed by atoms with van der Waals surface area (Å²) in [6, 6.07) is 2.84. The molecule has 0 radical (unpaired) electrons. The summed E-state index contributed by atoms with van der Waals surface area (Å²) in [5.41, 5.74) is 1.94. The van der Waals surface area contributed by atoms with Crippen molar-refractivity contribution >= 4 is 8.07 Å². The Morgan fingerprint density at radius 2 is 2.25 bits per heavy atom. The highest BCUT2D eigenvalue weighted by molar-refractivity contribution is 6.82. The van der Waals surface area contributed by atoms with Crippen LogP contribution >= 0.6 is 0 Å². The second-order valence-electron chi connectivity index (χ2n) is 2.53. The van der Waals surface area contributed by atoms with Crippen molar-refractivity contribution in [3.8, 4) is 6.07 Å². The van der Waals surface area contributed by atoms with Crippen LogP contribution in [0, 0.1) is 11.3 Å². The highest BCUT2D eigenvalue weighted by Gasteiger charge is 2.13. The number of nitriles is 1. The molecule has 0 aliphatic rings. The van der Waals surface area contributed by atoms with Crippen molar-refractivity contribution in [1.82, 2.24) is 0 Å². The van der Waals surface area contributed by atoms with Gasteiger partial charge in [-0.25, -0.2) is 0 Å². The fraction of sp³-hybridized carbons (Fsp3) is 0.500. The molecule has 44 valence electrons. The molecule has 0 aromatic carbocycles. The van der Waals surface area contributed by atoms with Gasteiger partial charge in [0.15, 0.2) is 0 Å². The molecule has 0 atom stereocenters. The van der Waals surface area contributed by atoms with Crippen molar-refractivity contribution in [2.75, 3.05) is 0 Å². The first-order chi connectivity index (χ1) is 3.62. The molecule has 0 unspecified atom stereocenters. The van der Waals surface area contributed by atoms with E-state index < -0.39 is 8.07 Å². The number of hydrogen-bond acceptors (Lipinski definition) is 1. The Labute approximate surface area is 51.6 Å². The van der Waals surface area contributed by atoms with Gasteiger partial charge in [0, 0.05) is 6.04 Å². The molecule has 2 heteroatoms. The first-order valence-electron chi connectivity index (χ1n) is 2.63. The minimum absolute atomic E-state index is 0.691. The zero-order valence-electron chi connectivity index (χ0n) is 5.44. The first kappa shape index (κ1) is 7.45. The van der Waals surface area contributed by atoms with Gasteiger partial charge in [-0.15, -0.1) is 12.3 Å². The van der Waals surface area contributed by atoms with E-state index in [0.29, 0.717) is 6.04 Å². The van der Waals surface area contributed by atoms with E-state index in [-0.39, 0.29) is 0 Å². The van der Waals surface area contributed by atoms with Gasteiger partial charge in [0.05, 0.1) is 14.1 Å². The normalized spacial score (nSPS) is 10.1. The second kappa shape index (κ2) is 2.68. The van der Waals surface area contributed by atoms with E-state index in [1.54, 1.807) is 0 Å². The standard InChI is InChI=1S/C6H11NSi/c1-4-8(2,3)6-5-7/h4H,1,6H2,2-3H3. The van der Waals surface area contributed by atoms with Crippen molar-refractivity contribution < 1.29 is 0 Å². The molecule has 0 fully saturated rings. The van der Waals surface area contributed by atoms with E-state index in [1.165, 1.54) is 0 Å². The van der Waals surface area contributed by atoms with Gasteiger partial charge in [0.25, 0.3) is 0 Å². The van der Waals surface area contributed by atoms with Crippen molar-refractivity contribution in [2.45, 2.75) is 19.1 Å². The summed E-state index contributed by atoms with van der Waals surface area (Å²) in [5, 5.41) is 8.27. The Kier molecular flexibility index (Phi) is 2.50. The zero-order chi connectivity index (χ0) is 6.62. The van der Waals surface area contributed by atoms with Crippen molar-refractivity contribution in [3.63, 3.8) is 0 Å². The predicted molar refractivity (Wildman–Crippen MR) is 38.1 cm³/mol. The summed E-state index contributed by atoms with van der Waals surface area (Å²) < 4.78 is 0. The molecule has 0 saturated carbocycles. The van der Waals surface area contributed by atoms with Crippen LogP contribution in [0.25, 0.3) is 0 Å². The molecule has 8 heavy (non-hydrogen) atoms. The molecule has 0 aliphatic carbocycles. The maximum Gasteiger partial charge on any atom is 0.0859 e. The van der Waals surface area contributed by atoms with Gasteiger partial charge in [-0.1, -0.05) is 13.1 Å². The molecular weight excluding hydrogens is 114 g/mol. The van der Waals surface area contributed by atoms with E-state index in [2.05, 4.69) is 25.7 Å². The third kappa shape index (κ3) is 2.59. The monoisotopic (exact) mass is 125 g/mol. The van der Waals surface area contributed by atoms with E-state index in [1.807, 2.05) is 5.70 Å². The number of hydrogen-bond donors (Lipinski definition) is 0. The quantitative estimate of drug-likeness (QED) is 0.517. The lowest BCUT2D eigenvalue weighted by molar-refractivity contribution is 1.44. The van der Waals surface area contributed by atoms with Crippen LogP contribution in [0.4, 0.5) is 0 Å². The first-order valence-corrected chi connectivity index (χ1v) is 5.91. The van der Waals surface area contributed by atoms with Gasteiger partial charge in [-0.2, -0.15) is 5.26 Å². The summed E-state index contributed by atoms with van der Waals surface area (Å²) in [7, 11) is -1.27. The average Bonchev–Trinajstić information content (AvgIpc) is 1.67. The van der Waals surface area contributed by atoms with E-state index in [9.17, 15) is 0 Å². The highest BCUT2D eigenvalue weighted by atomic mass is 28.3. The molecule has 0 amide bonds. The molecule has 0 bridgehead atoms. The predicted octanol–water partition coefficient (Wildman–Crippen LogP) is 1.94. The van der Waals surface area contributed by atoms with Crippen molar-refractivity contribution in [2.24, 2.45) is 0 Å². The van der Waals surface area contributed by atoms with Crippen LogP contribution in [-0.4, -0.2) is 8.07 Å². The van der Waals surface area contributed by atoms with Crippen LogP contribution in [0.5, 0.6) is 0 Å². The zero-order valence-corrected chi connectivity index (χ0v) is 6.44. The summed E-state index contributed by atoms with van der Waals surface area (Å²) in [6.07, 6.45) is 0. The van der Waals surface area contributed by atoms with Gasteiger partial charge in [-0.3, -0.25) is 0 Å². The van der Waals surface area contributed by atoms with Crippen LogP contribution in [0.15, 0.2) is 12.3 Å². The van der Waals surface area contributed by atoms with Gasteiger partial charge in [0.2, 0.25) is 0 Å². The Hall–Kier alpha value is -0.553. The minimum atomic E-state index is -1.27. The second-order valence-corrected chi connectivity index (χ2v) is 7.27. The van der Waals surface area contributed by atoms with Crippen molar-refractivity contribution in [1.29, 1.82) is 5.26 Å². The highest BCUT2D eigenvalue weighted by Crippen LogP contribution is 2.07. The Morgan fingerprint density at radius 1 is 1.75 bits per heavy atom. The van der Waals surface area contributed by atoms with Crippen LogP contribution < -0.4 is 0 Å². The molecule has 0 saturated heterocycles. The lowest BCUT2D eigenvalue weighted by atomic mass is 10.9. The molecule has 1 nitrogen and oxygen atoms in total. The topological polar surface area (TPSA) is 23.8 Å². The molecule has 0 rings (SSSR count). The Bertz CT molecular complexity index is 121. The fourth-order valence-electron chi connectivity index (χ4n) is 0.276. The smallest absolute Gasteiger partial charge is 0.0859 e. The van der Waals surface area contributed by atoms with Gasteiger partial charge < -0.3 is 0 Å². The third-order valence-electron chi connectivity index (χ3n) is 1.09. The van der Waals surface area contributed by atoms with E-state index in [0.717, 1.165) is 0 Å². The molecule has 0 N–H and O–H groups in total.